The summed E-state index contributed by atoms with van der Waals surface area (Å²) < 4.78 is 5.17. The van der Waals surface area contributed by atoms with E-state index in [1.807, 2.05) is 65.4 Å². The number of ether oxygens (including phenoxy) is 1. The highest BCUT2D eigenvalue weighted by atomic mass is 32.1. The van der Waals surface area contributed by atoms with Gasteiger partial charge in [-0.25, -0.2) is 0 Å². The lowest BCUT2D eigenvalue weighted by Crippen LogP contribution is -2.41. The van der Waals surface area contributed by atoms with Crippen LogP contribution in [0.2, 0.25) is 0 Å². The Labute approximate surface area is 161 Å². The first-order chi connectivity index (χ1) is 13.2. The van der Waals surface area contributed by atoms with E-state index in [0.717, 1.165) is 16.9 Å². The van der Waals surface area contributed by atoms with Gasteiger partial charge in [-0.1, -0.05) is 30.3 Å². The summed E-state index contributed by atoms with van der Waals surface area (Å²) in [5.41, 5.74) is 3.59. The molecule has 0 atom stereocenters. The van der Waals surface area contributed by atoms with Crippen LogP contribution < -0.4 is 4.74 Å². The van der Waals surface area contributed by atoms with Crippen molar-refractivity contribution < 1.29 is 14.3 Å². The maximum atomic E-state index is 13.2. The Bertz CT molecular complexity index is 1020. The average Bonchev–Trinajstić information content (AvgIpc) is 3.22. The van der Waals surface area contributed by atoms with Crippen molar-refractivity contribution in [1.82, 2.24) is 4.90 Å². The van der Waals surface area contributed by atoms with Gasteiger partial charge in [-0.15, -0.1) is 0 Å². The summed E-state index contributed by atoms with van der Waals surface area (Å²) >= 11 is 1.57. The molecular weight excluding hydrogens is 358 g/mol. The quantitative estimate of drug-likeness (QED) is 0.499. The summed E-state index contributed by atoms with van der Waals surface area (Å²) in [5, 5.41) is 3.94. The molecule has 2 heterocycles. The van der Waals surface area contributed by atoms with Gasteiger partial charge in [-0.3, -0.25) is 14.5 Å². The lowest BCUT2D eigenvalue weighted by atomic mass is 9.92. The zero-order valence-corrected chi connectivity index (χ0v) is 15.5. The van der Waals surface area contributed by atoms with Crippen LogP contribution in [0, 0.1) is 0 Å². The van der Waals surface area contributed by atoms with Crippen LogP contribution in [-0.2, 0) is 11.3 Å². The molecule has 4 rings (SSSR count). The average molecular weight is 375 g/mol. The SMILES string of the molecule is COc1ccc(CN2C(=O)/C(=C/c3ccsc3)c3ccccc3C2=O)cc1. The van der Waals surface area contributed by atoms with E-state index in [-0.39, 0.29) is 18.4 Å². The van der Waals surface area contributed by atoms with Crippen LogP contribution >= 0.6 is 11.3 Å². The number of carbonyl (C=O) groups excluding carboxylic acids is 2. The van der Waals surface area contributed by atoms with Crippen molar-refractivity contribution in [2.45, 2.75) is 6.54 Å². The number of thiophene rings is 1. The van der Waals surface area contributed by atoms with Crippen LogP contribution in [0.25, 0.3) is 11.6 Å². The first-order valence-electron chi connectivity index (χ1n) is 8.50. The van der Waals surface area contributed by atoms with Gasteiger partial charge in [0.05, 0.1) is 13.7 Å². The highest BCUT2D eigenvalue weighted by molar-refractivity contribution is 7.08. The van der Waals surface area contributed by atoms with Gasteiger partial charge in [0, 0.05) is 11.1 Å². The number of hydrogen-bond donors (Lipinski definition) is 0. The predicted molar refractivity (Wildman–Crippen MR) is 107 cm³/mol. The van der Waals surface area contributed by atoms with E-state index in [1.165, 1.54) is 4.90 Å². The fourth-order valence-corrected chi connectivity index (χ4v) is 3.74. The van der Waals surface area contributed by atoms with Crippen LogP contribution in [0.15, 0.2) is 65.4 Å². The first kappa shape index (κ1) is 17.2. The minimum absolute atomic E-state index is 0.219. The first-order valence-corrected chi connectivity index (χ1v) is 9.44. The van der Waals surface area contributed by atoms with Gasteiger partial charge in [-0.05, 0) is 57.8 Å². The van der Waals surface area contributed by atoms with Crippen molar-refractivity contribution in [2.75, 3.05) is 7.11 Å². The zero-order valence-electron chi connectivity index (χ0n) is 14.7. The predicted octanol–water partition coefficient (Wildman–Crippen LogP) is 4.48. The Morgan fingerprint density at radius 1 is 0.963 bits per heavy atom. The molecule has 0 bridgehead atoms. The summed E-state index contributed by atoms with van der Waals surface area (Å²) in [7, 11) is 1.60. The van der Waals surface area contributed by atoms with Gasteiger partial charge in [0.15, 0.2) is 0 Å². The fourth-order valence-electron chi connectivity index (χ4n) is 3.12. The maximum absolute atomic E-state index is 13.2. The van der Waals surface area contributed by atoms with E-state index in [0.29, 0.717) is 16.7 Å². The molecule has 0 radical (unpaired) electrons. The third-order valence-electron chi connectivity index (χ3n) is 4.52. The number of nitrogens with zero attached hydrogens (tertiary/aromatic N) is 1. The second-order valence-corrected chi connectivity index (χ2v) is 6.98. The molecule has 1 aromatic heterocycles. The number of imide groups is 1. The number of rotatable bonds is 4. The molecule has 0 saturated heterocycles. The Morgan fingerprint density at radius 2 is 1.70 bits per heavy atom. The molecule has 27 heavy (non-hydrogen) atoms. The van der Waals surface area contributed by atoms with E-state index in [9.17, 15) is 9.59 Å². The van der Waals surface area contributed by atoms with E-state index < -0.39 is 0 Å². The number of methoxy groups -OCH3 is 1. The number of hydrogen-bond acceptors (Lipinski definition) is 4. The van der Waals surface area contributed by atoms with Gasteiger partial charge in [0.1, 0.15) is 5.75 Å². The third kappa shape index (κ3) is 3.29. The largest absolute Gasteiger partial charge is 0.497 e. The van der Waals surface area contributed by atoms with Gasteiger partial charge in [0.2, 0.25) is 0 Å². The molecule has 2 aromatic carbocycles. The third-order valence-corrected chi connectivity index (χ3v) is 5.22. The van der Waals surface area contributed by atoms with Crippen molar-refractivity contribution in [1.29, 1.82) is 0 Å². The minimum Gasteiger partial charge on any atom is -0.497 e. The molecule has 4 nitrogen and oxygen atoms in total. The van der Waals surface area contributed by atoms with Crippen LogP contribution in [0.1, 0.15) is 27.0 Å². The summed E-state index contributed by atoms with van der Waals surface area (Å²) in [4.78, 5) is 27.4. The molecule has 0 saturated carbocycles. The summed E-state index contributed by atoms with van der Waals surface area (Å²) in [6.07, 6.45) is 1.85. The monoisotopic (exact) mass is 375 g/mol. The minimum atomic E-state index is -0.277. The van der Waals surface area contributed by atoms with Crippen molar-refractivity contribution >= 4 is 34.8 Å². The van der Waals surface area contributed by atoms with Crippen molar-refractivity contribution in [2.24, 2.45) is 0 Å². The number of amides is 2. The maximum Gasteiger partial charge on any atom is 0.261 e. The molecule has 0 spiro atoms. The van der Waals surface area contributed by atoms with Gasteiger partial charge in [-0.2, -0.15) is 11.3 Å². The van der Waals surface area contributed by atoms with Gasteiger partial charge in [0.25, 0.3) is 11.8 Å². The molecule has 5 heteroatoms. The standard InChI is InChI=1S/C22H17NO3S/c1-26-17-8-6-15(7-9-17)13-23-21(24)19-5-3-2-4-18(19)20(22(23)25)12-16-10-11-27-14-16/h2-12,14H,13H2,1H3/b20-12+. The van der Waals surface area contributed by atoms with Crippen molar-refractivity contribution in [3.05, 3.63) is 87.6 Å². The molecule has 2 amide bonds. The fraction of sp³-hybridized carbons (Fsp3) is 0.0909. The summed E-state index contributed by atoms with van der Waals surface area (Å²) in [6.45, 7) is 0.219. The van der Waals surface area contributed by atoms with Crippen molar-refractivity contribution in [3.63, 3.8) is 0 Å². The van der Waals surface area contributed by atoms with Crippen LogP contribution in [-0.4, -0.2) is 23.8 Å². The molecule has 0 fully saturated rings. The van der Waals surface area contributed by atoms with Gasteiger partial charge < -0.3 is 4.74 Å². The molecule has 0 aliphatic carbocycles. The Morgan fingerprint density at radius 3 is 2.37 bits per heavy atom. The molecule has 1 aliphatic rings. The zero-order chi connectivity index (χ0) is 18.8. The highest BCUT2D eigenvalue weighted by Gasteiger charge is 2.34. The Balaban J connectivity index is 1.74. The number of fused-ring (bicyclic) bond motifs is 1. The normalized spacial score (nSPS) is 15.1. The van der Waals surface area contributed by atoms with Crippen LogP contribution in [0.3, 0.4) is 0 Å². The van der Waals surface area contributed by atoms with E-state index in [1.54, 1.807) is 24.5 Å². The lowest BCUT2D eigenvalue weighted by Gasteiger charge is -2.28. The van der Waals surface area contributed by atoms with E-state index >= 15 is 0 Å². The Kier molecular flexibility index (Phi) is 4.60. The molecular formula is C22H17NO3S. The molecule has 134 valence electrons. The Hall–Kier alpha value is -3.18. The number of benzene rings is 2. The topological polar surface area (TPSA) is 46.6 Å². The van der Waals surface area contributed by atoms with Crippen LogP contribution in [0.5, 0.6) is 5.75 Å². The molecule has 0 N–H and O–H groups in total. The van der Waals surface area contributed by atoms with Gasteiger partial charge >= 0.3 is 0 Å². The smallest absolute Gasteiger partial charge is 0.261 e. The van der Waals surface area contributed by atoms with Crippen molar-refractivity contribution in [3.8, 4) is 5.75 Å². The molecule has 1 aliphatic heterocycles. The summed E-state index contributed by atoms with van der Waals surface area (Å²) in [5.74, 6) is 0.188. The molecule has 3 aromatic rings. The van der Waals surface area contributed by atoms with E-state index in [2.05, 4.69) is 0 Å². The lowest BCUT2D eigenvalue weighted by molar-refractivity contribution is -0.123. The highest BCUT2D eigenvalue weighted by Crippen LogP contribution is 2.31. The van der Waals surface area contributed by atoms with E-state index in [4.69, 9.17) is 4.74 Å². The molecule has 0 unspecified atom stereocenters. The second kappa shape index (κ2) is 7.21. The number of carbonyl (C=O) groups is 2. The second-order valence-electron chi connectivity index (χ2n) is 6.20. The van der Waals surface area contributed by atoms with Crippen LogP contribution in [0.4, 0.5) is 0 Å². The summed E-state index contributed by atoms with van der Waals surface area (Å²) in [6, 6.07) is 16.6.